The van der Waals surface area contributed by atoms with Crippen molar-refractivity contribution in [2.24, 2.45) is 0 Å². The van der Waals surface area contributed by atoms with Crippen molar-refractivity contribution in [2.45, 2.75) is 20.8 Å². The third-order valence-electron chi connectivity index (χ3n) is 1.54. The van der Waals surface area contributed by atoms with Crippen molar-refractivity contribution in [1.29, 1.82) is 0 Å². The lowest BCUT2D eigenvalue weighted by Crippen LogP contribution is -1.80. The minimum atomic E-state index is 1.03. The van der Waals surface area contributed by atoms with E-state index in [2.05, 4.69) is 19.7 Å². The molecule has 0 nitrogen and oxygen atoms in total. The van der Waals surface area contributed by atoms with E-state index in [1.54, 1.807) is 18.2 Å². The zero-order chi connectivity index (χ0) is 12.1. The van der Waals surface area contributed by atoms with Crippen molar-refractivity contribution in [1.82, 2.24) is 0 Å². The first-order valence-corrected chi connectivity index (χ1v) is 5.21. The summed E-state index contributed by atoms with van der Waals surface area (Å²) < 4.78 is 0. The van der Waals surface area contributed by atoms with Gasteiger partial charge in [0.15, 0.2) is 0 Å². The monoisotopic (exact) mass is 202 g/mol. The Balaban J connectivity index is 0. The van der Waals surface area contributed by atoms with Crippen LogP contribution < -0.4 is 0 Å². The molecule has 0 N–H and O–H groups in total. The summed E-state index contributed by atoms with van der Waals surface area (Å²) in [6, 6.07) is 0. The smallest absolute Gasteiger partial charge is 0.0190 e. The van der Waals surface area contributed by atoms with Crippen LogP contribution in [0.1, 0.15) is 20.8 Å². The van der Waals surface area contributed by atoms with Crippen molar-refractivity contribution in [3.05, 3.63) is 73.4 Å². The van der Waals surface area contributed by atoms with Crippen molar-refractivity contribution in [2.75, 3.05) is 0 Å². The van der Waals surface area contributed by atoms with Gasteiger partial charge in [-0.15, -0.1) is 0 Å². The van der Waals surface area contributed by atoms with Crippen molar-refractivity contribution in [3.63, 3.8) is 0 Å². The van der Waals surface area contributed by atoms with Gasteiger partial charge in [0.2, 0.25) is 0 Å². The van der Waals surface area contributed by atoms with E-state index in [0.29, 0.717) is 0 Å². The number of hydrogen-bond acceptors (Lipinski definition) is 0. The lowest BCUT2D eigenvalue weighted by molar-refractivity contribution is 1.50. The van der Waals surface area contributed by atoms with Gasteiger partial charge in [-0.2, -0.15) is 0 Å². The molecule has 15 heavy (non-hydrogen) atoms. The summed E-state index contributed by atoms with van der Waals surface area (Å²) in [7, 11) is 0. The van der Waals surface area contributed by atoms with Gasteiger partial charge in [0.1, 0.15) is 0 Å². The fraction of sp³-hybridized carbons (Fsp3) is 0.200. The van der Waals surface area contributed by atoms with Crippen LogP contribution in [-0.2, 0) is 0 Å². The topological polar surface area (TPSA) is 0 Å². The molecule has 0 rings (SSSR count). The molecule has 0 fully saturated rings. The predicted molar refractivity (Wildman–Crippen MR) is 72.9 cm³/mol. The SMILES string of the molecule is C=C\C=C(C=C)/C(C=C)=C\C=C/C.CC. The zero-order valence-corrected chi connectivity index (χ0v) is 10.2. The van der Waals surface area contributed by atoms with Gasteiger partial charge in [-0.1, -0.05) is 76.1 Å². The van der Waals surface area contributed by atoms with E-state index in [0.717, 1.165) is 11.1 Å². The Morgan fingerprint density at radius 1 is 0.867 bits per heavy atom. The van der Waals surface area contributed by atoms with E-state index >= 15 is 0 Å². The minimum absolute atomic E-state index is 1.03. The Hall–Kier alpha value is -1.56. The molecular weight excluding hydrogens is 180 g/mol. The second-order valence-corrected chi connectivity index (χ2v) is 2.41. The molecule has 0 heteroatoms. The molecule has 0 unspecified atom stereocenters. The second-order valence-electron chi connectivity index (χ2n) is 2.41. The van der Waals surface area contributed by atoms with E-state index in [-0.39, 0.29) is 0 Å². The summed E-state index contributed by atoms with van der Waals surface area (Å²) in [6.07, 6.45) is 13.2. The van der Waals surface area contributed by atoms with Crippen LogP contribution in [-0.4, -0.2) is 0 Å². The molecule has 0 atom stereocenters. The predicted octanol–water partition coefficient (Wildman–Crippen LogP) is 5.00. The van der Waals surface area contributed by atoms with E-state index < -0.39 is 0 Å². The van der Waals surface area contributed by atoms with Crippen LogP contribution in [0.15, 0.2) is 73.4 Å². The Labute approximate surface area is 94.7 Å². The van der Waals surface area contributed by atoms with E-state index in [1.165, 1.54) is 0 Å². The summed E-state index contributed by atoms with van der Waals surface area (Å²) in [5.74, 6) is 0. The van der Waals surface area contributed by atoms with Crippen LogP contribution in [0.5, 0.6) is 0 Å². The minimum Gasteiger partial charge on any atom is -0.0990 e. The number of allylic oxidation sites excluding steroid dienone is 9. The fourth-order valence-electron chi connectivity index (χ4n) is 0.891. The first-order chi connectivity index (χ1) is 7.29. The number of rotatable bonds is 5. The van der Waals surface area contributed by atoms with Gasteiger partial charge in [-0.3, -0.25) is 0 Å². The first-order valence-electron chi connectivity index (χ1n) is 5.21. The van der Waals surface area contributed by atoms with Crippen molar-refractivity contribution >= 4 is 0 Å². The lowest BCUT2D eigenvalue weighted by Gasteiger charge is -1.99. The summed E-state index contributed by atoms with van der Waals surface area (Å²) >= 11 is 0. The molecule has 0 aliphatic rings. The zero-order valence-electron chi connectivity index (χ0n) is 10.2. The van der Waals surface area contributed by atoms with Crippen LogP contribution in [0, 0.1) is 0 Å². The van der Waals surface area contributed by atoms with Crippen LogP contribution in [0.4, 0.5) is 0 Å². The molecule has 0 aromatic heterocycles. The van der Waals surface area contributed by atoms with Crippen LogP contribution >= 0.6 is 0 Å². The Morgan fingerprint density at radius 2 is 1.33 bits per heavy atom. The highest BCUT2D eigenvalue weighted by Crippen LogP contribution is 2.12. The third kappa shape index (κ3) is 7.51. The van der Waals surface area contributed by atoms with E-state index in [4.69, 9.17) is 0 Å². The maximum Gasteiger partial charge on any atom is -0.0190 e. The third-order valence-corrected chi connectivity index (χ3v) is 1.54. The summed E-state index contributed by atoms with van der Waals surface area (Å²) in [4.78, 5) is 0. The van der Waals surface area contributed by atoms with Crippen LogP contribution in [0.3, 0.4) is 0 Å². The molecule has 0 spiro atoms. The van der Waals surface area contributed by atoms with Crippen molar-refractivity contribution in [3.8, 4) is 0 Å². The molecule has 0 amide bonds. The highest BCUT2D eigenvalue weighted by Gasteiger charge is 1.92. The van der Waals surface area contributed by atoms with Crippen molar-refractivity contribution < 1.29 is 0 Å². The number of hydrogen-bond donors (Lipinski definition) is 0. The quantitative estimate of drug-likeness (QED) is 0.550. The molecule has 0 aromatic carbocycles. The van der Waals surface area contributed by atoms with E-state index in [9.17, 15) is 0 Å². The standard InChI is InChI=1S/C13H16.C2H6/c1-5-9-11-13(8-4)12(7-3)10-6-2;1-2/h5-11H,2-4H2,1H3;1-2H3/b9-5-,12-10-,13-11-;. The highest BCUT2D eigenvalue weighted by molar-refractivity contribution is 5.47. The van der Waals surface area contributed by atoms with Gasteiger partial charge in [-0.05, 0) is 18.1 Å². The molecule has 0 bridgehead atoms. The maximum absolute atomic E-state index is 3.74. The van der Waals surface area contributed by atoms with Gasteiger partial charge in [0.25, 0.3) is 0 Å². The lowest BCUT2D eigenvalue weighted by atomic mass is 10.1. The van der Waals surface area contributed by atoms with Gasteiger partial charge in [0.05, 0.1) is 0 Å². The van der Waals surface area contributed by atoms with Gasteiger partial charge < -0.3 is 0 Å². The Kier molecular flexibility index (Phi) is 13.2. The average molecular weight is 202 g/mol. The molecule has 0 aliphatic carbocycles. The summed E-state index contributed by atoms with van der Waals surface area (Å²) in [6.45, 7) is 17.1. The van der Waals surface area contributed by atoms with Gasteiger partial charge in [0, 0.05) is 0 Å². The van der Waals surface area contributed by atoms with Gasteiger partial charge >= 0.3 is 0 Å². The maximum atomic E-state index is 3.74. The summed E-state index contributed by atoms with van der Waals surface area (Å²) in [5.41, 5.74) is 2.08. The molecule has 0 radical (unpaired) electrons. The molecule has 0 aliphatic heterocycles. The first kappa shape index (κ1) is 15.9. The fourth-order valence-corrected chi connectivity index (χ4v) is 0.891. The Bertz CT molecular complexity index is 272. The molecule has 0 saturated heterocycles. The second kappa shape index (κ2) is 12.4. The molecule has 0 aromatic rings. The molecule has 82 valence electrons. The Morgan fingerprint density at radius 3 is 1.67 bits per heavy atom. The molecular formula is C15H22. The van der Waals surface area contributed by atoms with E-state index in [1.807, 2.05) is 45.1 Å². The highest BCUT2D eigenvalue weighted by atomic mass is 14.0. The van der Waals surface area contributed by atoms with Crippen LogP contribution in [0.25, 0.3) is 0 Å². The largest absolute Gasteiger partial charge is 0.0990 e. The molecule has 0 saturated carbocycles. The van der Waals surface area contributed by atoms with Crippen LogP contribution in [0.2, 0.25) is 0 Å². The normalized spacial score (nSPS) is 11.7. The summed E-state index contributed by atoms with van der Waals surface area (Å²) in [5, 5.41) is 0. The molecule has 0 heterocycles. The average Bonchev–Trinajstić information content (AvgIpc) is 2.31. The van der Waals surface area contributed by atoms with Gasteiger partial charge in [-0.25, -0.2) is 0 Å².